The molecule has 1 aliphatic heterocycles. The first-order valence-corrected chi connectivity index (χ1v) is 4.32. The van der Waals surface area contributed by atoms with Gasteiger partial charge in [-0.3, -0.25) is 0 Å². The lowest BCUT2D eigenvalue weighted by molar-refractivity contribution is 0.412. The molecule has 0 amide bonds. The van der Waals surface area contributed by atoms with Gasteiger partial charge in [-0.1, -0.05) is 15.9 Å². The Morgan fingerprint density at radius 1 is 1.56 bits per heavy atom. The fraction of sp³-hybridized carbons (Fsp3) is 1.00. The summed E-state index contributed by atoms with van der Waals surface area (Å²) in [5.74, 6) is 0.892. The Bertz CT molecular complexity index is 64.1. The first kappa shape index (κ1) is 9.73. The van der Waals surface area contributed by atoms with Crippen molar-refractivity contribution in [3.8, 4) is 0 Å². The molecule has 0 aromatic rings. The second kappa shape index (κ2) is 5.51. The lowest BCUT2D eigenvalue weighted by Crippen LogP contribution is -2.30. The van der Waals surface area contributed by atoms with Gasteiger partial charge in [0.05, 0.1) is 0 Å². The number of hydrogen-bond donors (Lipinski definition) is 1. The van der Waals surface area contributed by atoms with Crippen LogP contribution in [0.3, 0.4) is 0 Å². The van der Waals surface area contributed by atoms with Crippen molar-refractivity contribution in [2.75, 3.05) is 18.4 Å². The fourth-order valence-electron chi connectivity index (χ4n) is 1.06. The van der Waals surface area contributed by atoms with Crippen molar-refractivity contribution < 1.29 is 0 Å². The molecule has 0 radical (unpaired) electrons. The second-order valence-electron chi connectivity index (χ2n) is 2.37. The number of piperidine rings is 1. The summed E-state index contributed by atoms with van der Waals surface area (Å²) in [6, 6.07) is 0. The third kappa shape index (κ3) is 3.43. The summed E-state index contributed by atoms with van der Waals surface area (Å²) in [7, 11) is 0. The van der Waals surface area contributed by atoms with Crippen LogP contribution < -0.4 is 5.32 Å². The van der Waals surface area contributed by atoms with Gasteiger partial charge in [0.15, 0.2) is 0 Å². The molecule has 1 N–H and O–H groups in total. The summed E-state index contributed by atoms with van der Waals surface area (Å²) in [5.41, 5.74) is 0. The number of alkyl halides is 1. The molecule has 9 heavy (non-hydrogen) atoms. The van der Waals surface area contributed by atoms with Crippen molar-refractivity contribution in [1.29, 1.82) is 0 Å². The Balaban J connectivity index is 0.000000640. The van der Waals surface area contributed by atoms with E-state index in [0.717, 1.165) is 5.92 Å². The summed E-state index contributed by atoms with van der Waals surface area (Å²) in [6.07, 6.45) is 2.76. The predicted octanol–water partition coefficient (Wildman–Crippen LogP) is 1.80. The average Bonchev–Trinajstić information content (AvgIpc) is 1.90. The minimum atomic E-state index is 0. The minimum absolute atomic E-state index is 0. The van der Waals surface area contributed by atoms with Crippen LogP contribution in [0.15, 0.2) is 0 Å². The molecule has 56 valence electrons. The SMILES string of the molecule is BrC[C@H]1CCCNC1.Cl. The van der Waals surface area contributed by atoms with Crippen molar-refractivity contribution in [1.82, 2.24) is 5.32 Å². The molecule has 0 spiro atoms. The van der Waals surface area contributed by atoms with Crippen LogP contribution >= 0.6 is 28.3 Å². The summed E-state index contributed by atoms with van der Waals surface area (Å²) < 4.78 is 0. The Morgan fingerprint density at radius 3 is 2.67 bits per heavy atom. The normalized spacial score (nSPS) is 27.0. The van der Waals surface area contributed by atoms with Crippen LogP contribution in [0.25, 0.3) is 0 Å². The van der Waals surface area contributed by atoms with Gasteiger partial charge in [-0.15, -0.1) is 12.4 Å². The van der Waals surface area contributed by atoms with E-state index in [1.807, 2.05) is 0 Å². The molecule has 1 rings (SSSR count). The summed E-state index contributed by atoms with van der Waals surface area (Å²) in [5, 5.41) is 4.52. The van der Waals surface area contributed by atoms with Crippen molar-refractivity contribution in [3.05, 3.63) is 0 Å². The molecule has 0 unspecified atom stereocenters. The molecule has 3 heteroatoms. The van der Waals surface area contributed by atoms with Gasteiger partial charge in [-0.05, 0) is 31.8 Å². The average molecular weight is 215 g/mol. The van der Waals surface area contributed by atoms with Gasteiger partial charge >= 0.3 is 0 Å². The van der Waals surface area contributed by atoms with Crippen LogP contribution in [0.1, 0.15) is 12.8 Å². The largest absolute Gasteiger partial charge is 0.316 e. The molecule has 1 nitrogen and oxygen atoms in total. The van der Waals surface area contributed by atoms with Crippen LogP contribution in [0.2, 0.25) is 0 Å². The maximum Gasteiger partial charge on any atom is 0.00717 e. The van der Waals surface area contributed by atoms with Crippen LogP contribution in [0, 0.1) is 5.92 Å². The molecule has 0 saturated carbocycles. The van der Waals surface area contributed by atoms with Gasteiger partial charge in [-0.2, -0.15) is 0 Å². The summed E-state index contributed by atoms with van der Waals surface area (Å²) in [6.45, 7) is 2.44. The predicted molar refractivity (Wildman–Crippen MR) is 46.6 cm³/mol. The second-order valence-corrected chi connectivity index (χ2v) is 3.01. The maximum atomic E-state index is 3.47. The minimum Gasteiger partial charge on any atom is -0.316 e. The monoisotopic (exact) mass is 213 g/mol. The molecule has 0 aliphatic carbocycles. The van der Waals surface area contributed by atoms with Crippen LogP contribution in [-0.2, 0) is 0 Å². The third-order valence-corrected chi connectivity index (χ3v) is 2.53. The van der Waals surface area contributed by atoms with Gasteiger partial charge in [0.25, 0.3) is 0 Å². The fourth-order valence-corrected chi connectivity index (χ4v) is 1.61. The molecule has 0 bridgehead atoms. The lowest BCUT2D eigenvalue weighted by Gasteiger charge is -2.19. The van der Waals surface area contributed by atoms with Gasteiger partial charge in [0.1, 0.15) is 0 Å². The highest BCUT2D eigenvalue weighted by molar-refractivity contribution is 9.09. The van der Waals surface area contributed by atoms with E-state index in [4.69, 9.17) is 0 Å². The van der Waals surface area contributed by atoms with E-state index in [2.05, 4.69) is 21.2 Å². The number of hydrogen-bond acceptors (Lipinski definition) is 1. The van der Waals surface area contributed by atoms with E-state index in [-0.39, 0.29) is 12.4 Å². The molecule has 1 fully saturated rings. The van der Waals surface area contributed by atoms with Gasteiger partial charge in [0.2, 0.25) is 0 Å². The van der Waals surface area contributed by atoms with Crippen LogP contribution in [0.5, 0.6) is 0 Å². The molecule has 0 aromatic heterocycles. The number of nitrogens with one attached hydrogen (secondary N) is 1. The Kier molecular flexibility index (Phi) is 5.96. The van der Waals surface area contributed by atoms with Crippen molar-refractivity contribution in [2.45, 2.75) is 12.8 Å². The molecule has 1 aliphatic rings. The van der Waals surface area contributed by atoms with Crippen LogP contribution in [0.4, 0.5) is 0 Å². The van der Waals surface area contributed by atoms with E-state index < -0.39 is 0 Å². The molecule has 0 aromatic carbocycles. The zero-order valence-electron chi connectivity index (χ0n) is 5.40. The highest BCUT2D eigenvalue weighted by Crippen LogP contribution is 2.11. The van der Waals surface area contributed by atoms with Crippen molar-refractivity contribution in [3.63, 3.8) is 0 Å². The maximum absolute atomic E-state index is 3.47. The zero-order valence-corrected chi connectivity index (χ0v) is 7.80. The summed E-state index contributed by atoms with van der Waals surface area (Å²) >= 11 is 3.47. The standard InChI is InChI=1S/C6H12BrN.ClH/c7-4-6-2-1-3-8-5-6;/h6,8H,1-5H2;1H/t6-;/m1./s1. The molecule has 1 saturated heterocycles. The Hall–Kier alpha value is 0.730. The number of rotatable bonds is 1. The molecule has 1 atom stereocenters. The lowest BCUT2D eigenvalue weighted by atomic mass is 10.0. The quantitative estimate of drug-likeness (QED) is 0.657. The highest BCUT2D eigenvalue weighted by Gasteiger charge is 2.09. The highest BCUT2D eigenvalue weighted by atomic mass is 79.9. The van der Waals surface area contributed by atoms with E-state index in [9.17, 15) is 0 Å². The van der Waals surface area contributed by atoms with E-state index >= 15 is 0 Å². The molecular formula is C6H13BrClN. The Labute approximate surface area is 71.1 Å². The summed E-state index contributed by atoms with van der Waals surface area (Å²) in [4.78, 5) is 0. The van der Waals surface area contributed by atoms with Crippen molar-refractivity contribution >= 4 is 28.3 Å². The van der Waals surface area contributed by atoms with Crippen LogP contribution in [-0.4, -0.2) is 18.4 Å². The van der Waals surface area contributed by atoms with E-state index in [1.54, 1.807) is 0 Å². The van der Waals surface area contributed by atoms with E-state index in [1.165, 1.54) is 31.3 Å². The van der Waals surface area contributed by atoms with Gasteiger partial charge < -0.3 is 5.32 Å². The first-order chi connectivity index (χ1) is 3.93. The van der Waals surface area contributed by atoms with Gasteiger partial charge in [0, 0.05) is 5.33 Å². The topological polar surface area (TPSA) is 12.0 Å². The van der Waals surface area contributed by atoms with E-state index in [0.29, 0.717) is 0 Å². The molecule has 1 heterocycles. The van der Waals surface area contributed by atoms with Crippen molar-refractivity contribution in [2.24, 2.45) is 5.92 Å². The first-order valence-electron chi connectivity index (χ1n) is 3.20. The third-order valence-electron chi connectivity index (χ3n) is 1.62. The van der Waals surface area contributed by atoms with Gasteiger partial charge in [-0.25, -0.2) is 0 Å². The molecular weight excluding hydrogens is 201 g/mol. The number of halogens is 2. The smallest absolute Gasteiger partial charge is 0.00717 e. The zero-order chi connectivity index (χ0) is 5.82. The Morgan fingerprint density at radius 2 is 2.33 bits per heavy atom.